The number of rotatable bonds is 12. The van der Waals surface area contributed by atoms with Gasteiger partial charge in [0.25, 0.3) is 0 Å². The molecule has 0 saturated heterocycles. The van der Waals surface area contributed by atoms with Crippen molar-refractivity contribution in [1.29, 1.82) is 0 Å². The molecule has 0 saturated carbocycles. The number of hydrogen-bond acceptors (Lipinski definition) is 2. The highest BCUT2D eigenvalue weighted by atomic mass is 16.5. The largest absolute Gasteiger partial charge is 0.507 e. The summed E-state index contributed by atoms with van der Waals surface area (Å²) in [6, 6.07) is 0. The Bertz CT molecular complexity index is 678. The van der Waals surface area contributed by atoms with E-state index in [0.717, 1.165) is 53.5 Å². The van der Waals surface area contributed by atoms with Crippen LogP contribution in [0.2, 0.25) is 0 Å². The molecule has 2 unspecified atom stereocenters. The van der Waals surface area contributed by atoms with Gasteiger partial charge < -0.3 is 9.84 Å². The van der Waals surface area contributed by atoms with Crippen molar-refractivity contribution in [3.05, 3.63) is 22.3 Å². The average molecular weight is 417 g/mol. The molecule has 172 valence electrons. The summed E-state index contributed by atoms with van der Waals surface area (Å²) >= 11 is 0. The molecule has 3 atom stereocenters. The molecule has 0 amide bonds. The molecule has 2 nitrogen and oxygen atoms in total. The molecule has 0 fully saturated rings. The maximum Gasteiger partial charge on any atom is 0.127 e. The predicted molar refractivity (Wildman–Crippen MR) is 130 cm³/mol. The first kappa shape index (κ1) is 25.1. The van der Waals surface area contributed by atoms with Gasteiger partial charge in [0.05, 0.1) is 0 Å². The highest BCUT2D eigenvalue weighted by Crippen LogP contribution is 2.44. The zero-order valence-corrected chi connectivity index (χ0v) is 21.0. The Kier molecular flexibility index (Phi) is 9.57. The number of hydrogen-bond donors (Lipinski definition) is 1. The van der Waals surface area contributed by atoms with Crippen LogP contribution in [0.5, 0.6) is 11.5 Å². The molecule has 30 heavy (non-hydrogen) atoms. The first-order valence-electron chi connectivity index (χ1n) is 12.7. The summed E-state index contributed by atoms with van der Waals surface area (Å²) in [6.07, 6.45) is 15.4. The summed E-state index contributed by atoms with van der Waals surface area (Å²) in [6.45, 7) is 15.6. The maximum absolute atomic E-state index is 10.4. The fourth-order valence-electron chi connectivity index (χ4n) is 5.14. The molecule has 1 aromatic rings. The smallest absolute Gasteiger partial charge is 0.127 e. The summed E-state index contributed by atoms with van der Waals surface area (Å²) in [4.78, 5) is 0. The molecule has 1 heterocycles. The Morgan fingerprint density at radius 3 is 2.10 bits per heavy atom. The zero-order valence-electron chi connectivity index (χ0n) is 21.0. The zero-order chi connectivity index (χ0) is 22.3. The van der Waals surface area contributed by atoms with Crippen LogP contribution in [0.3, 0.4) is 0 Å². The third-order valence-corrected chi connectivity index (χ3v) is 7.69. The van der Waals surface area contributed by atoms with Gasteiger partial charge in [-0.1, -0.05) is 72.1 Å². The Morgan fingerprint density at radius 2 is 1.47 bits per heavy atom. The molecule has 2 heteroatoms. The van der Waals surface area contributed by atoms with E-state index in [1.165, 1.54) is 63.4 Å². The lowest BCUT2D eigenvalue weighted by atomic mass is 9.84. The van der Waals surface area contributed by atoms with Crippen molar-refractivity contribution in [1.82, 2.24) is 0 Å². The van der Waals surface area contributed by atoms with Gasteiger partial charge in [0.1, 0.15) is 17.1 Å². The van der Waals surface area contributed by atoms with E-state index in [0.29, 0.717) is 5.75 Å². The van der Waals surface area contributed by atoms with E-state index < -0.39 is 0 Å². The van der Waals surface area contributed by atoms with Crippen LogP contribution >= 0.6 is 0 Å². The van der Waals surface area contributed by atoms with Gasteiger partial charge >= 0.3 is 0 Å². The van der Waals surface area contributed by atoms with Crippen molar-refractivity contribution >= 4 is 0 Å². The summed E-state index contributed by atoms with van der Waals surface area (Å²) in [5, 5.41) is 10.4. The third-order valence-electron chi connectivity index (χ3n) is 7.69. The Morgan fingerprint density at radius 1 is 0.867 bits per heavy atom. The molecule has 1 aliphatic heterocycles. The van der Waals surface area contributed by atoms with Gasteiger partial charge in [0.15, 0.2) is 0 Å². The number of fused-ring (bicyclic) bond motifs is 1. The minimum Gasteiger partial charge on any atom is -0.507 e. The second kappa shape index (κ2) is 11.4. The molecule has 1 aliphatic rings. The molecule has 2 rings (SSSR count). The Hall–Kier alpha value is -1.18. The van der Waals surface area contributed by atoms with Crippen molar-refractivity contribution in [3.8, 4) is 11.5 Å². The van der Waals surface area contributed by atoms with Crippen LogP contribution in [-0.4, -0.2) is 10.7 Å². The molecular formula is C28H48O2. The van der Waals surface area contributed by atoms with Gasteiger partial charge in [-0.3, -0.25) is 0 Å². The van der Waals surface area contributed by atoms with Gasteiger partial charge in [-0.25, -0.2) is 0 Å². The highest BCUT2D eigenvalue weighted by molar-refractivity contribution is 5.58. The van der Waals surface area contributed by atoms with E-state index in [9.17, 15) is 5.11 Å². The van der Waals surface area contributed by atoms with E-state index in [-0.39, 0.29) is 5.60 Å². The van der Waals surface area contributed by atoms with Crippen molar-refractivity contribution < 1.29 is 9.84 Å². The maximum atomic E-state index is 10.4. The molecule has 1 aromatic carbocycles. The van der Waals surface area contributed by atoms with Crippen LogP contribution in [0.15, 0.2) is 0 Å². The molecular weight excluding hydrogens is 368 g/mol. The van der Waals surface area contributed by atoms with Crippen LogP contribution in [0.25, 0.3) is 0 Å². The lowest BCUT2D eigenvalue weighted by molar-refractivity contribution is 0.0512. The van der Waals surface area contributed by atoms with E-state index in [1.807, 2.05) is 13.8 Å². The van der Waals surface area contributed by atoms with E-state index in [4.69, 9.17) is 4.74 Å². The number of benzene rings is 1. The number of phenols is 1. The fraction of sp³-hybridized carbons (Fsp3) is 0.786. The predicted octanol–water partition coefficient (Wildman–Crippen LogP) is 8.59. The lowest BCUT2D eigenvalue weighted by Gasteiger charge is -2.38. The second-order valence-corrected chi connectivity index (χ2v) is 10.6. The third kappa shape index (κ3) is 6.66. The topological polar surface area (TPSA) is 29.5 Å². The van der Waals surface area contributed by atoms with Crippen molar-refractivity contribution in [2.45, 2.75) is 131 Å². The van der Waals surface area contributed by atoms with Crippen molar-refractivity contribution in [3.63, 3.8) is 0 Å². The monoisotopic (exact) mass is 416 g/mol. The van der Waals surface area contributed by atoms with Gasteiger partial charge in [-0.2, -0.15) is 0 Å². The van der Waals surface area contributed by atoms with Crippen LogP contribution in [0.4, 0.5) is 0 Å². The molecule has 0 spiro atoms. The summed E-state index contributed by atoms with van der Waals surface area (Å²) in [5.41, 5.74) is 4.23. The number of ether oxygens (including phenoxy) is 1. The van der Waals surface area contributed by atoms with Gasteiger partial charge in [0.2, 0.25) is 0 Å². The quantitative estimate of drug-likeness (QED) is 0.346. The first-order chi connectivity index (χ1) is 14.2. The minimum absolute atomic E-state index is 0.0683. The van der Waals surface area contributed by atoms with Crippen LogP contribution < -0.4 is 4.74 Å². The normalized spacial score (nSPS) is 20.5. The summed E-state index contributed by atoms with van der Waals surface area (Å²) in [5.74, 6) is 3.21. The van der Waals surface area contributed by atoms with Crippen molar-refractivity contribution in [2.24, 2.45) is 11.8 Å². The summed E-state index contributed by atoms with van der Waals surface area (Å²) < 4.78 is 6.60. The Labute approximate surface area is 186 Å². The minimum atomic E-state index is -0.0683. The van der Waals surface area contributed by atoms with Gasteiger partial charge in [0, 0.05) is 5.56 Å². The molecule has 0 aromatic heterocycles. The Balaban J connectivity index is 1.76. The van der Waals surface area contributed by atoms with Crippen LogP contribution in [-0.2, 0) is 6.42 Å². The number of phenolic OH excluding ortho intramolecular Hbond substituents is 1. The first-order valence-corrected chi connectivity index (χ1v) is 12.7. The molecule has 1 N–H and O–H groups in total. The van der Waals surface area contributed by atoms with Crippen molar-refractivity contribution in [2.75, 3.05) is 0 Å². The number of aromatic hydroxyl groups is 1. The molecule has 0 radical (unpaired) electrons. The van der Waals surface area contributed by atoms with E-state index >= 15 is 0 Å². The molecule has 0 bridgehead atoms. The SMILES string of the molecule is CCCCCC(C)CCCC(C)CCC[C@]1(C)CCc2c(C)c(O)c(C)c(C)c2O1. The van der Waals surface area contributed by atoms with Crippen LogP contribution in [0, 0.1) is 32.6 Å². The summed E-state index contributed by atoms with van der Waals surface area (Å²) in [7, 11) is 0. The van der Waals surface area contributed by atoms with Gasteiger partial charge in [-0.05, 0) is 81.9 Å². The molecule has 0 aliphatic carbocycles. The fourth-order valence-corrected chi connectivity index (χ4v) is 5.14. The van der Waals surface area contributed by atoms with E-state index in [1.54, 1.807) is 0 Å². The highest BCUT2D eigenvalue weighted by Gasteiger charge is 2.34. The standard InChI is InChI=1S/C28H48O2/c1-8-9-10-13-20(2)14-11-15-21(3)16-12-18-28(7)19-17-25-24(6)26(29)22(4)23(5)27(25)30-28/h20-21,29H,8-19H2,1-7H3/t20?,21?,28-/m1/s1. The van der Waals surface area contributed by atoms with Gasteiger partial charge in [-0.15, -0.1) is 0 Å². The average Bonchev–Trinajstić information content (AvgIpc) is 2.70. The van der Waals surface area contributed by atoms with E-state index in [2.05, 4.69) is 34.6 Å². The number of unbranched alkanes of at least 4 members (excludes halogenated alkanes) is 2. The lowest BCUT2D eigenvalue weighted by Crippen LogP contribution is -2.37. The van der Waals surface area contributed by atoms with Crippen LogP contribution in [0.1, 0.15) is 121 Å². The second-order valence-electron chi connectivity index (χ2n) is 10.6.